The molecule has 0 aliphatic rings. The molecule has 0 aromatic heterocycles. The maximum atomic E-state index is 13.8. The topological polar surface area (TPSA) is 26.3 Å². The SMILES string of the molecule is CCOC(=O)c1cccc(C(F)(F)C(C)C)c1. The molecule has 1 aromatic carbocycles. The van der Waals surface area contributed by atoms with E-state index in [2.05, 4.69) is 0 Å². The molecule has 4 heteroatoms. The molecule has 1 aromatic rings. The van der Waals surface area contributed by atoms with Crippen molar-refractivity contribution < 1.29 is 18.3 Å². The Morgan fingerprint density at radius 3 is 2.59 bits per heavy atom. The highest BCUT2D eigenvalue weighted by atomic mass is 19.3. The lowest BCUT2D eigenvalue weighted by molar-refractivity contribution is -0.0514. The highest BCUT2D eigenvalue weighted by Gasteiger charge is 2.35. The number of ether oxygens (including phenoxy) is 1. The van der Waals surface area contributed by atoms with E-state index in [1.165, 1.54) is 38.1 Å². The monoisotopic (exact) mass is 242 g/mol. The molecule has 0 radical (unpaired) electrons. The summed E-state index contributed by atoms with van der Waals surface area (Å²) in [5.41, 5.74) is 0.00253. The van der Waals surface area contributed by atoms with E-state index >= 15 is 0 Å². The van der Waals surface area contributed by atoms with Crippen LogP contribution in [-0.2, 0) is 10.7 Å². The van der Waals surface area contributed by atoms with E-state index in [1.54, 1.807) is 6.92 Å². The van der Waals surface area contributed by atoms with Gasteiger partial charge in [-0.25, -0.2) is 13.6 Å². The van der Waals surface area contributed by atoms with Crippen LogP contribution in [0.2, 0.25) is 0 Å². The molecule has 17 heavy (non-hydrogen) atoms. The predicted molar refractivity (Wildman–Crippen MR) is 61.1 cm³/mol. The first-order valence-corrected chi connectivity index (χ1v) is 5.55. The number of carbonyl (C=O) groups is 1. The number of hydrogen-bond donors (Lipinski definition) is 0. The minimum Gasteiger partial charge on any atom is -0.462 e. The standard InChI is InChI=1S/C13H16F2O2/c1-4-17-12(16)10-6-5-7-11(8-10)13(14,15)9(2)3/h5-9H,4H2,1-3H3. The van der Waals surface area contributed by atoms with Gasteiger partial charge in [0.1, 0.15) is 0 Å². The number of benzene rings is 1. The van der Waals surface area contributed by atoms with E-state index in [4.69, 9.17) is 4.74 Å². The Hall–Kier alpha value is -1.45. The Balaban J connectivity index is 3.05. The van der Waals surface area contributed by atoms with Crippen LogP contribution in [0.25, 0.3) is 0 Å². The molecule has 0 aliphatic carbocycles. The van der Waals surface area contributed by atoms with Gasteiger partial charge in [0, 0.05) is 11.5 Å². The first-order valence-electron chi connectivity index (χ1n) is 5.55. The highest BCUT2D eigenvalue weighted by molar-refractivity contribution is 5.89. The highest BCUT2D eigenvalue weighted by Crippen LogP contribution is 2.35. The Morgan fingerprint density at radius 2 is 2.06 bits per heavy atom. The van der Waals surface area contributed by atoms with Gasteiger partial charge in [0.05, 0.1) is 12.2 Å². The molecule has 0 N–H and O–H groups in total. The van der Waals surface area contributed by atoms with Crippen molar-refractivity contribution in [2.24, 2.45) is 5.92 Å². The molecular formula is C13H16F2O2. The maximum Gasteiger partial charge on any atom is 0.338 e. The Labute approximate surface area is 99.6 Å². The fraction of sp³-hybridized carbons (Fsp3) is 0.462. The Bertz CT molecular complexity index is 400. The summed E-state index contributed by atoms with van der Waals surface area (Å²) in [5, 5.41) is 0. The molecule has 0 heterocycles. The van der Waals surface area contributed by atoms with Crippen LogP contribution in [-0.4, -0.2) is 12.6 Å². The van der Waals surface area contributed by atoms with Gasteiger partial charge in [0.2, 0.25) is 0 Å². The third-order valence-electron chi connectivity index (χ3n) is 2.48. The van der Waals surface area contributed by atoms with Crippen LogP contribution in [0.15, 0.2) is 24.3 Å². The fourth-order valence-corrected chi connectivity index (χ4v) is 1.40. The lowest BCUT2D eigenvalue weighted by atomic mass is 9.96. The maximum absolute atomic E-state index is 13.8. The number of hydrogen-bond acceptors (Lipinski definition) is 2. The molecule has 0 aliphatic heterocycles. The minimum atomic E-state index is -2.94. The zero-order valence-corrected chi connectivity index (χ0v) is 10.2. The summed E-state index contributed by atoms with van der Waals surface area (Å²) in [6.07, 6.45) is 0. The van der Waals surface area contributed by atoms with Gasteiger partial charge in [-0.15, -0.1) is 0 Å². The zero-order valence-electron chi connectivity index (χ0n) is 10.2. The van der Waals surface area contributed by atoms with Gasteiger partial charge >= 0.3 is 5.97 Å². The first kappa shape index (κ1) is 13.6. The summed E-state index contributed by atoms with van der Waals surface area (Å²) in [7, 11) is 0. The van der Waals surface area contributed by atoms with Gasteiger partial charge in [-0.1, -0.05) is 26.0 Å². The van der Waals surface area contributed by atoms with E-state index < -0.39 is 17.8 Å². The van der Waals surface area contributed by atoms with Crippen molar-refractivity contribution in [3.8, 4) is 0 Å². The average molecular weight is 242 g/mol. The molecule has 0 spiro atoms. The van der Waals surface area contributed by atoms with E-state index in [9.17, 15) is 13.6 Å². The second-order valence-corrected chi connectivity index (χ2v) is 4.08. The van der Waals surface area contributed by atoms with Gasteiger partial charge in [-0.2, -0.15) is 0 Å². The molecule has 0 unspecified atom stereocenters. The van der Waals surface area contributed by atoms with Crippen LogP contribution in [0.3, 0.4) is 0 Å². The summed E-state index contributed by atoms with van der Waals surface area (Å²) in [5.74, 6) is -4.34. The third kappa shape index (κ3) is 3.02. The molecule has 0 atom stereocenters. The van der Waals surface area contributed by atoms with Crippen molar-refractivity contribution >= 4 is 5.97 Å². The average Bonchev–Trinajstić information content (AvgIpc) is 2.29. The third-order valence-corrected chi connectivity index (χ3v) is 2.48. The van der Waals surface area contributed by atoms with E-state index in [0.717, 1.165) is 0 Å². The molecule has 0 fully saturated rings. The summed E-state index contributed by atoms with van der Waals surface area (Å²) in [6, 6.07) is 5.43. The van der Waals surface area contributed by atoms with Crippen molar-refractivity contribution in [1.29, 1.82) is 0 Å². The van der Waals surface area contributed by atoms with Crippen LogP contribution in [0.5, 0.6) is 0 Å². The lowest BCUT2D eigenvalue weighted by Crippen LogP contribution is -2.21. The lowest BCUT2D eigenvalue weighted by Gasteiger charge is -2.21. The second-order valence-electron chi connectivity index (χ2n) is 4.08. The Kier molecular flexibility index (Phi) is 4.21. The van der Waals surface area contributed by atoms with Crippen molar-refractivity contribution in [2.45, 2.75) is 26.7 Å². The van der Waals surface area contributed by atoms with Crippen LogP contribution in [0.1, 0.15) is 36.7 Å². The fourth-order valence-electron chi connectivity index (χ4n) is 1.40. The molecule has 2 nitrogen and oxygen atoms in total. The van der Waals surface area contributed by atoms with Crippen molar-refractivity contribution in [3.63, 3.8) is 0 Å². The van der Waals surface area contributed by atoms with Gasteiger partial charge in [-0.3, -0.25) is 0 Å². The number of halogens is 2. The van der Waals surface area contributed by atoms with Crippen LogP contribution >= 0.6 is 0 Å². The van der Waals surface area contributed by atoms with Crippen molar-refractivity contribution in [3.05, 3.63) is 35.4 Å². The van der Waals surface area contributed by atoms with E-state index in [0.29, 0.717) is 0 Å². The van der Waals surface area contributed by atoms with Crippen LogP contribution < -0.4 is 0 Å². The summed E-state index contributed by atoms with van der Waals surface area (Å²) < 4.78 is 32.3. The zero-order chi connectivity index (χ0) is 13.1. The van der Waals surface area contributed by atoms with E-state index in [-0.39, 0.29) is 17.7 Å². The normalized spacial score (nSPS) is 11.6. The molecule has 0 saturated carbocycles. The van der Waals surface area contributed by atoms with Gasteiger partial charge in [0.15, 0.2) is 0 Å². The predicted octanol–water partition coefficient (Wildman–Crippen LogP) is 3.61. The summed E-state index contributed by atoms with van der Waals surface area (Å²) in [4.78, 5) is 11.4. The van der Waals surface area contributed by atoms with Crippen LogP contribution in [0, 0.1) is 5.92 Å². The van der Waals surface area contributed by atoms with Gasteiger partial charge in [-0.05, 0) is 19.1 Å². The first-order chi connectivity index (χ1) is 7.89. The van der Waals surface area contributed by atoms with Gasteiger partial charge < -0.3 is 4.74 Å². The molecule has 0 saturated heterocycles. The molecule has 1 rings (SSSR count). The summed E-state index contributed by atoms with van der Waals surface area (Å²) >= 11 is 0. The minimum absolute atomic E-state index is 0.155. The van der Waals surface area contributed by atoms with E-state index in [1.807, 2.05) is 0 Å². The molecular weight excluding hydrogens is 226 g/mol. The van der Waals surface area contributed by atoms with Crippen molar-refractivity contribution in [2.75, 3.05) is 6.61 Å². The quantitative estimate of drug-likeness (QED) is 0.754. The Morgan fingerprint density at radius 1 is 1.41 bits per heavy atom. The number of carbonyl (C=O) groups excluding carboxylic acids is 1. The smallest absolute Gasteiger partial charge is 0.338 e. The summed E-state index contributed by atoms with van der Waals surface area (Å²) in [6.45, 7) is 4.78. The number of alkyl halides is 2. The number of esters is 1. The molecule has 0 amide bonds. The molecule has 94 valence electrons. The molecule has 0 bridgehead atoms. The number of rotatable bonds is 4. The largest absolute Gasteiger partial charge is 0.462 e. The van der Waals surface area contributed by atoms with Crippen LogP contribution in [0.4, 0.5) is 8.78 Å². The van der Waals surface area contributed by atoms with Gasteiger partial charge in [0.25, 0.3) is 5.92 Å². The second kappa shape index (κ2) is 5.25. The van der Waals surface area contributed by atoms with Crippen molar-refractivity contribution in [1.82, 2.24) is 0 Å².